The lowest BCUT2D eigenvalue weighted by atomic mass is 9.70. The molecule has 0 spiro atoms. The molecule has 0 aromatic heterocycles. The average Bonchev–Trinajstić information content (AvgIpc) is 2.47. The first kappa shape index (κ1) is 13.8. The Morgan fingerprint density at radius 3 is 2.47 bits per heavy atom. The first-order chi connectivity index (χ1) is 9.28. The molecule has 19 heavy (non-hydrogen) atoms. The van der Waals surface area contributed by atoms with E-state index in [0.29, 0.717) is 30.1 Å². The standard InChI is InChI=1S/C16H30N2O/c1-19-12-7-8-13-14(17)10-15(18-16(13)9-12)11-5-3-2-4-6-11/h11-16,18H,2-10,17H2,1H3. The fourth-order valence-corrected chi connectivity index (χ4v) is 4.75. The number of rotatable bonds is 2. The summed E-state index contributed by atoms with van der Waals surface area (Å²) in [7, 11) is 1.85. The Balaban J connectivity index is 1.63. The number of nitrogens with one attached hydrogen (secondary N) is 1. The van der Waals surface area contributed by atoms with E-state index in [4.69, 9.17) is 10.5 Å². The minimum absolute atomic E-state index is 0.413. The highest BCUT2D eigenvalue weighted by Gasteiger charge is 2.41. The van der Waals surface area contributed by atoms with Crippen molar-refractivity contribution in [3.8, 4) is 0 Å². The smallest absolute Gasteiger partial charge is 0.0586 e. The van der Waals surface area contributed by atoms with Crippen molar-refractivity contribution in [1.82, 2.24) is 5.32 Å². The number of piperidine rings is 1. The van der Waals surface area contributed by atoms with E-state index < -0.39 is 0 Å². The molecule has 0 aromatic rings. The minimum Gasteiger partial charge on any atom is -0.381 e. The third-order valence-corrected chi connectivity index (χ3v) is 5.91. The van der Waals surface area contributed by atoms with Crippen molar-refractivity contribution in [2.24, 2.45) is 17.6 Å². The van der Waals surface area contributed by atoms with Crippen molar-refractivity contribution in [2.45, 2.75) is 82.0 Å². The number of hydrogen-bond donors (Lipinski definition) is 2. The molecule has 1 saturated heterocycles. The fourth-order valence-electron chi connectivity index (χ4n) is 4.75. The monoisotopic (exact) mass is 266 g/mol. The summed E-state index contributed by atoms with van der Waals surface area (Å²) in [6, 6.07) is 1.69. The molecule has 3 fully saturated rings. The highest BCUT2D eigenvalue weighted by molar-refractivity contribution is 4.99. The summed E-state index contributed by atoms with van der Waals surface area (Å²) in [5, 5.41) is 3.96. The molecule has 3 N–H and O–H groups in total. The predicted octanol–water partition coefficient (Wildman–Crippen LogP) is 2.44. The molecule has 2 saturated carbocycles. The van der Waals surface area contributed by atoms with Crippen LogP contribution in [-0.4, -0.2) is 31.3 Å². The van der Waals surface area contributed by atoms with Crippen molar-refractivity contribution < 1.29 is 4.74 Å². The van der Waals surface area contributed by atoms with E-state index in [0.717, 1.165) is 12.3 Å². The second-order valence-corrected chi connectivity index (χ2v) is 7.01. The second-order valence-electron chi connectivity index (χ2n) is 7.01. The maximum atomic E-state index is 6.49. The van der Waals surface area contributed by atoms with Gasteiger partial charge in [-0.05, 0) is 50.4 Å². The van der Waals surface area contributed by atoms with Crippen molar-refractivity contribution in [3.05, 3.63) is 0 Å². The fraction of sp³-hybridized carbons (Fsp3) is 1.00. The SMILES string of the molecule is COC1CCC2C(N)CC(C3CCCCC3)NC2C1. The molecule has 110 valence electrons. The van der Waals surface area contributed by atoms with Crippen LogP contribution in [0.25, 0.3) is 0 Å². The van der Waals surface area contributed by atoms with Crippen LogP contribution in [0.3, 0.4) is 0 Å². The van der Waals surface area contributed by atoms with Crippen molar-refractivity contribution in [1.29, 1.82) is 0 Å². The van der Waals surface area contributed by atoms with Crippen LogP contribution in [0.4, 0.5) is 0 Å². The molecule has 3 nitrogen and oxygen atoms in total. The molecule has 3 heteroatoms. The maximum Gasteiger partial charge on any atom is 0.0586 e. The molecule has 5 atom stereocenters. The minimum atomic E-state index is 0.413. The van der Waals surface area contributed by atoms with Gasteiger partial charge in [0.05, 0.1) is 6.10 Å². The Kier molecular flexibility index (Phi) is 4.45. The topological polar surface area (TPSA) is 47.3 Å². The second kappa shape index (κ2) is 6.11. The Labute approximate surface area is 117 Å². The molecule has 0 bridgehead atoms. The Morgan fingerprint density at radius 2 is 1.74 bits per heavy atom. The number of nitrogens with two attached hydrogens (primary N) is 1. The Morgan fingerprint density at radius 1 is 0.947 bits per heavy atom. The van der Waals surface area contributed by atoms with E-state index in [1.54, 1.807) is 0 Å². The Bertz CT molecular complexity index is 290. The zero-order valence-corrected chi connectivity index (χ0v) is 12.3. The van der Waals surface area contributed by atoms with Gasteiger partial charge in [0.1, 0.15) is 0 Å². The average molecular weight is 266 g/mol. The van der Waals surface area contributed by atoms with Gasteiger partial charge in [-0.3, -0.25) is 0 Å². The van der Waals surface area contributed by atoms with Crippen LogP contribution in [0.1, 0.15) is 57.8 Å². The first-order valence-electron chi connectivity index (χ1n) is 8.32. The molecular formula is C16H30N2O. The molecule has 1 heterocycles. The van der Waals surface area contributed by atoms with E-state index in [1.165, 1.54) is 51.4 Å². The van der Waals surface area contributed by atoms with Crippen molar-refractivity contribution >= 4 is 0 Å². The third kappa shape index (κ3) is 2.98. The van der Waals surface area contributed by atoms with Gasteiger partial charge in [-0.1, -0.05) is 19.3 Å². The van der Waals surface area contributed by atoms with Gasteiger partial charge in [-0.2, -0.15) is 0 Å². The summed E-state index contributed by atoms with van der Waals surface area (Å²) in [6.07, 6.45) is 12.4. The van der Waals surface area contributed by atoms with Gasteiger partial charge in [-0.15, -0.1) is 0 Å². The lowest BCUT2D eigenvalue weighted by Crippen LogP contribution is -2.61. The molecule has 0 aromatic carbocycles. The number of methoxy groups -OCH3 is 1. The summed E-state index contributed by atoms with van der Waals surface area (Å²) in [5.74, 6) is 1.56. The van der Waals surface area contributed by atoms with Crippen LogP contribution in [0, 0.1) is 11.8 Å². The van der Waals surface area contributed by atoms with Crippen LogP contribution >= 0.6 is 0 Å². The molecule has 0 radical (unpaired) electrons. The Hall–Kier alpha value is -0.120. The maximum absolute atomic E-state index is 6.49. The summed E-state index contributed by atoms with van der Waals surface area (Å²) in [6.45, 7) is 0. The highest BCUT2D eigenvalue weighted by atomic mass is 16.5. The normalized spacial score (nSPS) is 44.8. The van der Waals surface area contributed by atoms with Crippen molar-refractivity contribution in [2.75, 3.05) is 7.11 Å². The van der Waals surface area contributed by atoms with Crippen molar-refractivity contribution in [3.63, 3.8) is 0 Å². The summed E-state index contributed by atoms with van der Waals surface area (Å²) in [5.41, 5.74) is 6.49. The van der Waals surface area contributed by atoms with Gasteiger partial charge in [-0.25, -0.2) is 0 Å². The molecule has 3 rings (SSSR count). The number of ether oxygens (including phenoxy) is 1. The van der Waals surface area contributed by atoms with Gasteiger partial charge in [0.25, 0.3) is 0 Å². The highest BCUT2D eigenvalue weighted by Crippen LogP contribution is 2.37. The summed E-state index contributed by atoms with van der Waals surface area (Å²) >= 11 is 0. The van der Waals surface area contributed by atoms with Crippen LogP contribution in [0.2, 0.25) is 0 Å². The van der Waals surface area contributed by atoms with Crippen LogP contribution in [0.5, 0.6) is 0 Å². The lowest BCUT2D eigenvalue weighted by molar-refractivity contribution is 0.0130. The van der Waals surface area contributed by atoms with E-state index in [-0.39, 0.29) is 0 Å². The zero-order valence-electron chi connectivity index (χ0n) is 12.3. The van der Waals surface area contributed by atoms with Gasteiger partial charge in [0.15, 0.2) is 0 Å². The van der Waals surface area contributed by atoms with E-state index in [1.807, 2.05) is 7.11 Å². The zero-order chi connectivity index (χ0) is 13.2. The molecule has 0 amide bonds. The quantitative estimate of drug-likeness (QED) is 0.807. The van der Waals surface area contributed by atoms with Crippen LogP contribution < -0.4 is 11.1 Å². The number of hydrogen-bond acceptors (Lipinski definition) is 3. The molecule has 5 unspecified atom stereocenters. The molecular weight excluding hydrogens is 236 g/mol. The van der Waals surface area contributed by atoms with Gasteiger partial charge < -0.3 is 15.8 Å². The number of fused-ring (bicyclic) bond motifs is 1. The molecule has 1 aliphatic heterocycles. The van der Waals surface area contributed by atoms with Crippen LogP contribution in [-0.2, 0) is 4.74 Å². The lowest BCUT2D eigenvalue weighted by Gasteiger charge is -2.48. The third-order valence-electron chi connectivity index (χ3n) is 5.91. The summed E-state index contributed by atoms with van der Waals surface area (Å²) < 4.78 is 5.58. The summed E-state index contributed by atoms with van der Waals surface area (Å²) in [4.78, 5) is 0. The van der Waals surface area contributed by atoms with E-state index in [9.17, 15) is 0 Å². The van der Waals surface area contributed by atoms with Crippen LogP contribution in [0.15, 0.2) is 0 Å². The van der Waals surface area contributed by atoms with E-state index in [2.05, 4.69) is 5.32 Å². The van der Waals surface area contributed by atoms with E-state index >= 15 is 0 Å². The van der Waals surface area contributed by atoms with Gasteiger partial charge in [0.2, 0.25) is 0 Å². The largest absolute Gasteiger partial charge is 0.381 e. The van der Waals surface area contributed by atoms with Gasteiger partial charge >= 0.3 is 0 Å². The first-order valence-corrected chi connectivity index (χ1v) is 8.32. The van der Waals surface area contributed by atoms with Gasteiger partial charge in [0, 0.05) is 25.2 Å². The molecule has 3 aliphatic rings. The predicted molar refractivity (Wildman–Crippen MR) is 78.0 cm³/mol. The molecule has 2 aliphatic carbocycles.